The number of aromatic nitrogens is 1. The second-order valence-corrected chi connectivity index (χ2v) is 4.17. The second-order valence-electron chi connectivity index (χ2n) is 4.17. The van der Waals surface area contributed by atoms with Crippen LogP contribution in [0.15, 0.2) is 28.8 Å². The molecule has 0 aliphatic rings. The molecule has 2 N–H and O–H groups in total. The minimum absolute atomic E-state index is 0.0641. The van der Waals surface area contributed by atoms with Crippen LogP contribution in [-0.4, -0.2) is 28.2 Å². The summed E-state index contributed by atoms with van der Waals surface area (Å²) in [7, 11) is 0. The fourth-order valence-corrected chi connectivity index (χ4v) is 1.78. The average molecular weight is 272 g/mol. The van der Waals surface area contributed by atoms with E-state index in [-0.39, 0.29) is 12.8 Å². The Morgan fingerprint density at radius 3 is 2.90 bits per heavy atom. The standard InChI is InChI=1S/C14H12N2O4/c1-2-5-10(14(18)19)15-13(17)8-11-9-6-3-4-7-12(9)20-16-11/h1,3-4,6-7,10H,5,8H2,(H,15,17)(H,18,19). The molecule has 1 unspecified atom stereocenters. The Bertz CT molecular complexity index is 684. The number of carboxylic acids is 1. The molecule has 2 rings (SSSR count). The summed E-state index contributed by atoms with van der Waals surface area (Å²) >= 11 is 0. The van der Waals surface area contributed by atoms with Crippen molar-refractivity contribution in [2.24, 2.45) is 0 Å². The zero-order valence-corrected chi connectivity index (χ0v) is 10.5. The highest BCUT2D eigenvalue weighted by Crippen LogP contribution is 2.18. The molecule has 102 valence electrons. The van der Waals surface area contributed by atoms with Gasteiger partial charge in [0.2, 0.25) is 5.91 Å². The van der Waals surface area contributed by atoms with E-state index in [1.165, 1.54) is 0 Å². The fraction of sp³-hybridized carbons (Fsp3) is 0.214. The van der Waals surface area contributed by atoms with Gasteiger partial charge in [-0.05, 0) is 12.1 Å². The van der Waals surface area contributed by atoms with Crippen LogP contribution in [0.3, 0.4) is 0 Å². The number of nitrogens with one attached hydrogen (secondary N) is 1. The van der Waals surface area contributed by atoms with Gasteiger partial charge in [-0.25, -0.2) is 4.79 Å². The second kappa shape index (κ2) is 5.89. The van der Waals surface area contributed by atoms with Gasteiger partial charge in [-0.1, -0.05) is 17.3 Å². The molecule has 2 aromatic rings. The summed E-state index contributed by atoms with van der Waals surface area (Å²) in [5.41, 5.74) is 1.04. The fourth-order valence-electron chi connectivity index (χ4n) is 1.78. The Hall–Kier alpha value is -2.81. The van der Waals surface area contributed by atoms with Crippen molar-refractivity contribution in [3.05, 3.63) is 30.0 Å². The molecule has 0 aliphatic heterocycles. The third kappa shape index (κ3) is 2.95. The summed E-state index contributed by atoms with van der Waals surface area (Å²) in [6.45, 7) is 0. The van der Waals surface area contributed by atoms with Gasteiger partial charge < -0.3 is 14.9 Å². The number of carbonyl (C=O) groups is 2. The first-order chi connectivity index (χ1) is 9.61. The molecule has 1 aromatic heterocycles. The third-order valence-corrected chi connectivity index (χ3v) is 2.74. The minimum Gasteiger partial charge on any atom is -0.480 e. The topological polar surface area (TPSA) is 92.4 Å². The van der Waals surface area contributed by atoms with Crippen LogP contribution < -0.4 is 5.32 Å². The number of rotatable bonds is 5. The number of nitrogens with zero attached hydrogens (tertiary/aromatic N) is 1. The van der Waals surface area contributed by atoms with Gasteiger partial charge in [-0.3, -0.25) is 4.79 Å². The van der Waals surface area contributed by atoms with Crippen molar-refractivity contribution in [2.45, 2.75) is 18.9 Å². The van der Waals surface area contributed by atoms with Crippen molar-refractivity contribution >= 4 is 22.8 Å². The van der Waals surface area contributed by atoms with Gasteiger partial charge in [-0.2, -0.15) is 0 Å². The van der Waals surface area contributed by atoms with Crippen molar-refractivity contribution in [1.29, 1.82) is 0 Å². The summed E-state index contributed by atoms with van der Waals surface area (Å²) in [6, 6.07) is 6.03. The predicted molar refractivity (Wildman–Crippen MR) is 70.7 cm³/mol. The maximum atomic E-state index is 11.8. The zero-order valence-electron chi connectivity index (χ0n) is 10.5. The highest BCUT2D eigenvalue weighted by atomic mass is 16.5. The third-order valence-electron chi connectivity index (χ3n) is 2.74. The van der Waals surface area contributed by atoms with E-state index < -0.39 is 17.9 Å². The monoisotopic (exact) mass is 272 g/mol. The smallest absolute Gasteiger partial charge is 0.327 e. The van der Waals surface area contributed by atoms with Gasteiger partial charge in [0, 0.05) is 11.8 Å². The molecule has 20 heavy (non-hydrogen) atoms. The van der Waals surface area contributed by atoms with Crippen LogP contribution in [0.25, 0.3) is 11.0 Å². The summed E-state index contributed by atoms with van der Waals surface area (Å²) in [6.07, 6.45) is 4.93. The molecule has 1 aromatic carbocycles. The van der Waals surface area contributed by atoms with Gasteiger partial charge in [0.15, 0.2) is 5.58 Å². The molecule has 1 atom stereocenters. The maximum Gasteiger partial charge on any atom is 0.327 e. The Labute approximate surface area is 114 Å². The number of carbonyl (C=O) groups excluding carboxylic acids is 1. The molecule has 0 bridgehead atoms. The lowest BCUT2D eigenvalue weighted by atomic mass is 10.1. The van der Waals surface area contributed by atoms with E-state index in [9.17, 15) is 9.59 Å². The number of hydrogen-bond donors (Lipinski definition) is 2. The van der Waals surface area contributed by atoms with Crippen molar-refractivity contribution in [1.82, 2.24) is 10.5 Å². The summed E-state index contributed by atoms with van der Waals surface area (Å²) in [4.78, 5) is 22.7. The first-order valence-electron chi connectivity index (χ1n) is 5.90. The Balaban J connectivity index is 2.08. The molecule has 0 saturated heterocycles. The quantitative estimate of drug-likeness (QED) is 0.791. The van der Waals surface area contributed by atoms with Gasteiger partial charge in [0.1, 0.15) is 11.7 Å². The molecule has 6 nitrogen and oxygen atoms in total. The molecule has 1 heterocycles. The normalized spacial score (nSPS) is 11.8. The highest BCUT2D eigenvalue weighted by Gasteiger charge is 2.20. The Morgan fingerprint density at radius 2 is 2.20 bits per heavy atom. The van der Waals surface area contributed by atoms with E-state index >= 15 is 0 Å². The summed E-state index contributed by atoms with van der Waals surface area (Å²) in [5, 5.41) is 15.8. The van der Waals surface area contributed by atoms with E-state index in [1.54, 1.807) is 24.3 Å². The Kier molecular flexibility index (Phi) is 4.01. The number of hydrogen-bond acceptors (Lipinski definition) is 4. The van der Waals surface area contributed by atoms with Gasteiger partial charge in [0.25, 0.3) is 0 Å². The highest BCUT2D eigenvalue weighted by molar-refractivity contribution is 5.88. The van der Waals surface area contributed by atoms with Crippen molar-refractivity contribution in [3.63, 3.8) is 0 Å². The molecular weight excluding hydrogens is 260 g/mol. The number of benzene rings is 1. The van der Waals surface area contributed by atoms with Gasteiger partial charge in [-0.15, -0.1) is 12.3 Å². The molecule has 0 radical (unpaired) electrons. The van der Waals surface area contributed by atoms with Crippen LogP contribution in [0.5, 0.6) is 0 Å². The lowest BCUT2D eigenvalue weighted by molar-refractivity contribution is -0.141. The molecule has 0 aliphatic carbocycles. The Morgan fingerprint density at radius 1 is 1.45 bits per heavy atom. The molecule has 0 fully saturated rings. The number of terminal acetylenes is 1. The molecule has 6 heteroatoms. The van der Waals surface area contributed by atoms with Crippen molar-refractivity contribution in [2.75, 3.05) is 0 Å². The minimum atomic E-state index is -1.17. The zero-order chi connectivity index (χ0) is 14.5. The number of amides is 1. The van der Waals surface area contributed by atoms with E-state index in [0.29, 0.717) is 11.3 Å². The molecule has 0 saturated carbocycles. The van der Waals surface area contributed by atoms with Crippen LogP contribution in [0.1, 0.15) is 12.1 Å². The van der Waals surface area contributed by atoms with Crippen LogP contribution in [0.2, 0.25) is 0 Å². The van der Waals surface area contributed by atoms with Crippen LogP contribution in [-0.2, 0) is 16.0 Å². The number of fused-ring (bicyclic) bond motifs is 1. The molecular formula is C14H12N2O4. The number of carboxylic acid groups (broad SMARTS) is 1. The molecule has 1 amide bonds. The van der Waals surface area contributed by atoms with Gasteiger partial charge in [0.05, 0.1) is 6.42 Å². The lowest BCUT2D eigenvalue weighted by Gasteiger charge is -2.10. The number of aliphatic carboxylic acids is 1. The van der Waals surface area contributed by atoms with Crippen molar-refractivity contribution in [3.8, 4) is 12.3 Å². The van der Waals surface area contributed by atoms with E-state index in [2.05, 4.69) is 16.4 Å². The SMILES string of the molecule is C#CCC(NC(=O)Cc1noc2ccccc12)C(=O)O. The number of para-hydroxylation sites is 1. The maximum absolute atomic E-state index is 11.8. The van der Waals surface area contributed by atoms with E-state index in [1.807, 2.05) is 0 Å². The predicted octanol–water partition coefficient (Wildman–Crippen LogP) is 0.963. The largest absolute Gasteiger partial charge is 0.480 e. The lowest BCUT2D eigenvalue weighted by Crippen LogP contribution is -2.41. The summed E-state index contributed by atoms with van der Waals surface area (Å²) in [5.74, 6) is 0.582. The summed E-state index contributed by atoms with van der Waals surface area (Å²) < 4.78 is 5.07. The first kappa shape index (κ1) is 13.6. The van der Waals surface area contributed by atoms with Gasteiger partial charge >= 0.3 is 5.97 Å². The van der Waals surface area contributed by atoms with Crippen LogP contribution >= 0.6 is 0 Å². The van der Waals surface area contributed by atoms with E-state index in [0.717, 1.165) is 5.39 Å². The molecule has 0 spiro atoms. The average Bonchev–Trinajstić information content (AvgIpc) is 2.81. The van der Waals surface area contributed by atoms with E-state index in [4.69, 9.17) is 16.1 Å². The van der Waals surface area contributed by atoms with Crippen molar-refractivity contribution < 1.29 is 19.2 Å². The van der Waals surface area contributed by atoms with Crippen LogP contribution in [0.4, 0.5) is 0 Å². The van der Waals surface area contributed by atoms with Crippen LogP contribution in [0, 0.1) is 12.3 Å². The first-order valence-corrected chi connectivity index (χ1v) is 5.90.